The molecule has 36 heavy (non-hydrogen) atoms. The molecule has 0 fully saturated rings. The van der Waals surface area contributed by atoms with E-state index in [9.17, 15) is 9.59 Å². The zero-order chi connectivity index (χ0) is 25.9. The Morgan fingerprint density at radius 3 is 2.31 bits per heavy atom. The van der Waals surface area contributed by atoms with Crippen LogP contribution >= 0.6 is 15.9 Å². The minimum Gasteiger partial charge on any atom is -0.496 e. The fraction of sp³-hybridized carbons (Fsp3) is 0.172. The summed E-state index contributed by atoms with van der Waals surface area (Å²) in [6.07, 6.45) is 6.95. The van der Waals surface area contributed by atoms with Crippen molar-refractivity contribution >= 4 is 39.8 Å². The van der Waals surface area contributed by atoms with Crippen LogP contribution in [0.25, 0.3) is 12.2 Å². The summed E-state index contributed by atoms with van der Waals surface area (Å²) >= 11 is 3.35. The number of ether oxygens (including phenoxy) is 4. The summed E-state index contributed by atoms with van der Waals surface area (Å²) in [6.45, 7) is 3.84. The number of ketones is 1. The second-order valence-corrected chi connectivity index (χ2v) is 9.52. The largest absolute Gasteiger partial charge is 0.496 e. The molecule has 1 heterocycles. The van der Waals surface area contributed by atoms with Crippen molar-refractivity contribution < 1.29 is 28.5 Å². The van der Waals surface area contributed by atoms with Crippen LogP contribution in [-0.4, -0.2) is 31.6 Å². The van der Waals surface area contributed by atoms with Crippen LogP contribution < -0.4 is 18.9 Å². The molecule has 0 N–H and O–H groups in total. The lowest BCUT2D eigenvalue weighted by molar-refractivity contribution is 0.0729. The highest BCUT2D eigenvalue weighted by Crippen LogP contribution is 2.40. The zero-order valence-corrected chi connectivity index (χ0v) is 21.9. The van der Waals surface area contributed by atoms with Gasteiger partial charge in [0.1, 0.15) is 17.1 Å². The molecular weight excluding hydrogens is 524 g/mol. The van der Waals surface area contributed by atoms with Gasteiger partial charge in [0.15, 0.2) is 17.3 Å². The molecule has 6 nitrogen and oxygen atoms in total. The second kappa shape index (κ2) is 10.4. The molecule has 4 rings (SSSR count). The third-order valence-corrected chi connectivity index (χ3v) is 6.08. The molecular formula is C29H25BrO6. The van der Waals surface area contributed by atoms with Gasteiger partial charge in [0.05, 0.1) is 30.9 Å². The van der Waals surface area contributed by atoms with Gasteiger partial charge in [-0.25, -0.2) is 4.79 Å². The van der Waals surface area contributed by atoms with Gasteiger partial charge in [0, 0.05) is 4.47 Å². The quantitative estimate of drug-likeness (QED) is 0.140. The van der Waals surface area contributed by atoms with Crippen molar-refractivity contribution in [3.8, 4) is 23.0 Å². The van der Waals surface area contributed by atoms with E-state index in [4.69, 9.17) is 18.9 Å². The Morgan fingerprint density at radius 2 is 1.61 bits per heavy atom. The summed E-state index contributed by atoms with van der Waals surface area (Å²) < 4.78 is 23.3. The number of carbonyl (C=O) groups excluding carboxylic acids is 2. The van der Waals surface area contributed by atoms with Crippen molar-refractivity contribution in [3.63, 3.8) is 0 Å². The van der Waals surface area contributed by atoms with Crippen LogP contribution in [-0.2, 0) is 0 Å². The van der Waals surface area contributed by atoms with Gasteiger partial charge in [0.2, 0.25) is 0 Å². The third-order valence-electron chi connectivity index (χ3n) is 5.56. The van der Waals surface area contributed by atoms with Crippen LogP contribution in [0.1, 0.15) is 45.7 Å². The number of rotatable bonds is 7. The number of allylic oxidation sites excluding steroid dienone is 1. The smallest absolute Gasteiger partial charge is 0.343 e. The molecule has 184 valence electrons. The van der Waals surface area contributed by atoms with E-state index in [1.807, 2.05) is 26.0 Å². The standard InChI is InChI=1S/C29H25BrO6/c1-29(2)16-15-22-24(33-3)14-11-21(27(22)36-29)23(31)12-5-18-6-13-25(34-4)26(17-18)35-28(32)19-7-9-20(30)10-8-19/h5-17H,1-4H3/b12-5+. The van der Waals surface area contributed by atoms with Gasteiger partial charge in [-0.15, -0.1) is 0 Å². The molecule has 0 amide bonds. The van der Waals surface area contributed by atoms with Crippen LogP contribution in [0, 0.1) is 0 Å². The van der Waals surface area contributed by atoms with Crippen molar-refractivity contribution in [2.24, 2.45) is 0 Å². The van der Waals surface area contributed by atoms with E-state index in [1.165, 1.54) is 13.2 Å². The van der Waals surface area contributed by atoms with Gasteiger partial charge < -0.3 is 18.9 Å². The Morgan fingerprint density at radius 1 is 0.917 bits per heavy atom. The molecule has 0 saturated carbocycles. The predicted molar refractivity (Wildman–Crippen MR) is 142 cm³/mol. The molecule has 3 aromatic rings. The lowest BCUT2D eigenvalue weighted by atomic mass is 9.97. The minimum absolute atomic E-state index is 0.232. The van der Waals surface area contributed by atoms with Crippen LogP contribution in [0.3, 0.4) is 0 Å². The maximum Gasteiger partial charge on any atom is 0.343 e. The van der Waals surface area contributed by atoms with Crippen LogP contribution in [0.2, 0.25) is 0 Å². The van der Waals surface area contributed by atoms with Crippen molar-refractivity contribution in [3.05, 3.63) is 93.5 Å². The lowest BCUT2D eigenvalue weighted by Gasteiger charge is -2.29. The summed E-state index contributed by atoms with van der Waals surface area (Å²) in [5, 5.41) is 0. The van der Waals surface area contributed by atoms with Gasteiger partial charge in [-0.2, -0.15) is 0 Å². The maximum absolute atomic E-state index is 13.2. The van der Waals surface area contributed by atoms with Crippen LogP contribution in [0.15, 0.2) is 71.2 Å². The Kier molecular flexibility index (Phi) is 7.31. The lowest BCUT2D eigenvalue weighted by Crippen LogP contribution is -2.28. The molecule has 0 unspecified atom stereocenters. The number of hydrogen-bond donors (Lipinski definition) is 0. The summed E-state index contributed by atoms with van der Waals surface area (Å²) in [6, 6.07) is 15.4. The first kappa shape index (κ1) is 25.3. The van der Waals surface area contributed by atoms with E-state index in [0.29, 0.717) is 33.9 Å². The molecule has 7 heteroatoms. The molecule has 1 aliphatic heterocycles. The Labute approximate surface area is 218 Å². The van der Waals surface area contributed by atoms with Crippen molar-refractivity contribution in [2.45, 2.75) is 19.4 Å². The number of benzene rings is 3. The van der Waals surface area contributed by atoms with E-state index in [2.05, 4.69) is 15.9 Å². The average molecular weight is 549 g/mol. The van der Waals surface area contributed by atoms with E-state index in [1.54, 1.807) is 67.8 Å². The highest BCUT2D eigenvalue weighted by molar-refractivity contribution is 9.10. The average Bonchev–Trinajstić information content (AvgIpc) is 2.86. The Balaban J connectivity index is 1.59. The number of hydrogen-bond acceptors (Lipinski definition) is 6. The molecule has 0 spiro atoms. The molecule has 0 saturated heterocycles. The first-order valence-electron chi connectivity index (χ1n) is 11.2. The number of esters is 1. The molecule has 1 aliphatic rings. The van der Waals surface area contributed by atoms with Crippen molar-refractivity contribution in [1.82, 2.24) is 0 Å². The zero-order valence-electron chi connectivity index (χ0n) is 20.3. The normalized spacial score (nSPS) is 13.6. The van der Waals surface area contributed by atoms with Crippen molar-refractivity contribution in [1.29, 1.82) is 0 Å². The topological polar surface area (TPSA) is 71.1 Å². The van der Waals surface area contributed by atoms with Gasteiger partial charge in [0.25, 0.3) is 0 Å². The number of fused-ring (bicyclic) bond motifs is 1. The molecule has 0 atom stereocenters. The first-order chi connectivity index (χ1) is 17.2. The molecule has 0 aliphatic carbocycles. The minimum atomic E-state index is -0.554. The highest BCUT2D eigenvalue weighted by Gasteiger charge is 2.27. The molecule has 0 aromatic heterocycles. The van der Waals surface area contributed by atoms with E-state index >= 15 is 0 Å². The van der Waals surface area contributed by atoms with Gasteiger partial charge in [-0.05, 0) is 86.2 Å². The summed E-state index contributed by atoms with van der Waals surface area (Å²) in [5.74, 6) is 1.01. The van der Waals surface area contributed by atoms with Gasteiger partial charge >= 0.3 is 5.97 Å². The number of halogens is 1. The van der Waals surface area contributed by atoms with Crippen molar-refractivity contribution in [2.75, 3.05) is 14.2 Å². The second-order valence-electron chi connectivity index (χ2n) is 8.60. The maximum atomic E-state index is 13.2. The van der Waals surface area contributed by atoms with Gasteiger partial charge in [-0.3, -0.25) is 4.79 Å². The first-order valence-corrected chi connectivity index (χ1v) is 12.0. The molecule has 0 radical (unpaired) electrons. The fourth-order valence-corrected chi connectivity index (χ4v) is 3.95. The number of methoxy groups -OCH3 is 2. The SMILES string of the molecule is COc1ccc(/C=C/C(=O)c2ccc(OC)c3c2OC(C)(C)C=C3)cc1OC(=O)c1ccc(Br)cc1. The fourth-order valence-electron chi connectivity index (χ4n) is 3.69. The summed E-state index contributed by atoms with van der Waals surface area (Å²) in [5.41, 5.74) is 1.66. The molecule has 0 bridgehead atoms. The number of carbonyl (C=O) groups is 2. The predicted octanol–water partition coefficient (Wildman–Crippen LogP) is 6.77. The van der Waals surface area contributed by atoms with Crippen LogP contribution in [0.5, 0.6) is 23.0 Å². The monoisotopic (exact) mass is 548 g/mol. The Hall–Kier alpha value is -3.84. The van der Waals surface area contributed by atoms with E-state index in [0.717, 1.165) is 10.0 Å². The highest BCUT2D eigenvalue weighted by atomic mass is 79.9. The van der Waals surface area contributed by atoms with Gasteiger partial charge in [-0.1, -0.05) is 28.1 Å². The summed E-state index contributed by atoms with van der Waals surface area (Å²) in [4.78, 5) is 25.8. The van der Waals surface area contributed by atoms with E-state index < -0.39 is 11.6 Å². The van der Waals surface area contributed by atoms with E-state index in [-0.39, 0.29) is 11.5 Å². The summed E-state index contributed by atoms with van der Waals surface area (Å²) in [7, 11) is 3.07. The molecule has 3 aromatic carbocycles. The Bertz CT molecular complexity index is 1370. The third kappa shape index (κ3) is 5.52. The van der Waals surface area contributed by atoms with Crippen LogP contribution in [0.4, 0.5) is 0 Å².